The highest BCUT2D eigenvalue weighted by molar-refractivity contribution is 5.85. The molecule has 3 N–H and O–H groups in total. The maximum absolute atomic E-state index is 13.7. The predicted octanol–water partition coefficient (Wildman–Crippen LogP) is 5.19. The van der Waals surface area contributed by atoms with E-state index in [-0.39, 0.29) is 12.1 Å². The third kappa shape index (κ3) is 3.32. The van der Waals surface area contributed by atoms with E-state index in [0.29, 0.717) is 17.2 Å². The van der Waals surface area contributed by atoms with Crippen molar-refractivity contribution in [3.05, 3.63) is 77.4 Å². The van der Waals surface area contributed by atoms with Gasteiger partial charge in [0.2, 0.25) is 0 Å². The number of aromatic nitrogens is 3. The number of nitrogens with zero attached hydrogens (tertiary/aromatic N) is 1. The Bertz CT molecular complexity index is 1270. The zero-order valence-corrected chi connectivity index (χ0v) is 17.5. The minimum Gasteiger partial charge on any atom is -0.381 e. The Morgan fingerprint density at radius 2 is 1.81 bits per heavy atom. The van der Waals surface area contributed by atoms with Gasteiger partial charge in [-0.05, 0) is 55.0 Å². The summed E-state index contributed by atoms with van der Waals surface area (Å²) in [6, 6.07) is 12.5. The molecular formula is C25H24F2N4O. The van der Waals surface area contributed by atoms with Crippen LogP contribution in [0, 0.1) is 17.6 Å². The summed E-state index contributed by atoms with van der Waals surface area (Å²) in [7, 11) is 0. The zero-order valence-electron chi connectivity index (χ0n) is 17.5. The smallest absolute Gasteiger partial charge is 0.159 e. The number of aromatic amines is 2. The first kappa shape index (κ1) is 19.6. The molecule has 2 aromatic heterocycles. The van der Waals surface area contributed by atoms with Gasteiger partial charge in [0.1, 0.15) is 5.82 Å². The topological polar surface area (TPSA) is 65.7 Å². The van der Waals surface area contributed by atoms with E-state index in [2.05, 4.69) is 44.5 Å². The first-order chi connectivity index (χ1) is 15.7. The van der Waals surface area contributed by atoms with Crippen molar-refractivity contribution in [2.45, 2.75) is 31.3 Å². The molecule has 0 aliphatic carbocycles. The van der Waals surface area contributed by atoms with E-state index in [1.807, 2.05) is 0 Å². The molecule has 1 fully saturated rings. The van der Waals surface area contributed by atoms with E-state index in [1.165, 1.54) is 22.7 Å². The van der Waals surface area contributed by atoms with Crippen LogP contribution in [0.5, 0.6) is 0 Å². The minimum atomic E-state index is -0.863. The summed E-state index contributed by atoms with van der Waals surface area (Å²) in [5.74, 6) is -0.442. The van der Waals surface area contributed by atoms with Crippen LogP contribution in [0.2, 0.25) is 0 Å². The highest BCUT2D eigenvalue weighted by atomic mass is 19.2. The summed E-state index contributed by atoms with van der Waals surface area (Å²) in [5, 5.41) is 5.08. The SMILES string of the molecule is Fc1ccc(-c2cnc([C@H]3Cc4c([nH]c5ccccc45)[C@@H](C4CCOCC4)N3)[nH]2)cc1F. The van der Waals surface area contributed by atoms with E-state index in [1.54, 1.807) is 12.3 Å². The Labute approximate surface area is 184 Å². The van der Waals surface area contributed by atoms with Crippen LogP contribution < -0.4 is 5.32 Å². The molecule has 2 aliphatic heterocycles. The van der Waals surface area contributed by atoms with Crippen molar-refractivity contribution in [2.24, 2.45) is 5.92 Å². The number of rotatable bonds is 3. The van der Waals surface area contributed by atoms with E-state index < -0.39 is 11.6 Å². The fourth-order valence-corrected chi connectivity index (χ4v) is 5.19. The van der Waals surface area contributed by atoms with Gasteiger partial charge in [0, 0.05) is 35.4 Å². The Hall–Kier alpha value is -3.03. The summed E-state index contributed by atoms with van der Waals surface area (Å²) in [6.07, 6.45) is 4.51. The maximum atomic E-state index is 13.7. The van der Waals surface area contributed by atoms with E-state index in [4.69, 9.17) is 4.74 Å². The van der Waals surface area contributed by atoms with Crippen LogP contribution in [0.25, 0.3) is 22.2 Å². The molecule has 2 aromatic carbocycles. The second kappa shape index (κ2) is 7.83. The minimum absolute atomic E-state index is 0.00593. The normalized spacial score (nSPS) is 21.7. The molecule has 0 spiro atoms. The quantitative estimate of drug-likeness (QED) is 0.416. The van der Waals surface area contributed by atoms with Gasteiger partial charge in [-0.25, -0.2) is 13.8 Å². The number of imidazole rings is 1. The highest BCUT2D eigenvalue weighted by Crippen LogP contribution is 2.41. The summed E-state index contributed by atoms with van der Waals surface area (Å²) < 4.78 is 32.7. The van der Waals surface area contributed by atoms with Crippen LogP contribution in [0.1, 0.15) is 42.0 Å². The molecule has 32 heavy (non-hydrogen) atoms. The van der Waals surface area contributed by atoms with Crippen molar-refractivity contribution in [3.63, 3.8) is 0 Å². The monoisotopic (exact) mass is 434 g/mol. The Kier molecular flexibility index (Phi) is 4.81. The average Bonchev–Trinajstić information content (AvgIpc) is 3.46. The molecule has 2 aliphatic rings. The van der Waals surface area contributed by atoms with Crippen molar-refractivity contribution < 1.29 is 13.5 Å². The number of nitrogens with one attached hydrogen (secondary N) is 3. The first-order valence-electron chi connectivity index (χ1n) is 11.1. The van der Waals surface area contributed by atoms with Crippen molar-refractivity contribution >= 4 is 10.9 Å². The molecule has 7 heteroatoms. The van der Waals surface area contributed by atoms with Crippen LogP contribution in [0.4, 0.5) is 8.78 Å². The van der Waals surface area contributed by atoms with Crippen molar-refractivity contribution in [1.82, 2.24) is 20.3 Å². The molecular weight excluding hydrogens is 410 g/mol. The second-order valence-corrected chi connectivity index (χ2v) is 8.72. The van der Waals surface area contributed by atoms with E-state index in [0.717, 1.165) is 49.9 Å². The van der Waals surface area contributed by atoms with Crippen LogP contribution >= 0.6 is 0 Å². The van der Waals surface area contributed by atoms with Crippen LogP contribution in [-0.4, -0.2) is 28.2 Å². The van der Waals surface area contributed by atoms with Crippen molar-refractivity contribution in [1.29, 1.82) is 0 Å². The molecule has 2 atom stereocenters. The molecule has 5 nitrogen and oxygen atoms in total. The van der Waals surface area contributed by atoms with Gasteiger partial charge in [-0.3, -0.25) is 5.32 Å². The molecule has 4 heterocycles. The van der Waals surface area contributed by atoms with Crippen LogP contribution in [0.15, 0.2) is 48.7 Å². The molecule has 0 bridgehead atoms. The Morgan fingerprint density at radius 3 is 2.66 bits per heavy atom. The predicted molar refractivity (Wildman–Crippen MR) is 118 cm³/mol. The zero-order chi connectivity index (χ0) is 21.7. The van der Waals surface area contributed by atoms with Gasteiger partial charge in [0.25, 0.3) is 0 Å². The Balaban J connectivity index is 1.37. The van der Waals surface area contributed by atoms with E-state index in [9.17, 15) is 8.78 Å². The van der Waals surface area contributed by atoms with E-state index >= 15 is 0 Å². The Morgan fingerprint density at radius 1 is 0.969 bits per heavy atom. The van der Waals surface area contributed by atoms with Crippen LogP contribution in [-0.2, 0) is 11.2 Å². The van der Waals surface area contributed by atoms with Gasteiger partial charge in [-0.1, -0.05) is 18.2 Å². The summed E-state index contributed by atoms with van der Waals surface area (Å²) in [6.45, 7) is 1.56. The maximum Gasteiger partial charge on any atom is 0.159 e. The molecule has 6 rings (SSSR count). The number of ether oxygens (including phenoxy) is 1. The van der Waals surface area contributed by atoms with Gasteiger partial charge >= 0.3 is 0 Å². The molecule has 0 saturated carbocycles. The molecule has 0 unspecified atom stereocenters. The lowest BCUT2D eigenvalue weighted by molar-refractivity contribution is 0.0497. The summed E-state index contributed by atoms with van der Waals surface area (Å²) in [4.78, 5) is 11.6. The molecule has 0 radical (unpaired) electrons. The van der Waals surface area contributed by atoms with Gasteiger partial charge in [-0.2, -0.15) is 0 Å². The fourth-order valence-electron chi connectivity index (χ4n) is 5.19. The molecule has 0 amide bonds. The van der Waals surface area contributed by atoms with Gasteiger partial charge < -0.3 is 14.7 Å². The summed E-state index contributed by atoms with van der Waals surface area (Å²) >= 11 is 0. The lowest BCUT2D eigenvalue weighted by Gasteiger charge is -2.37. The number of hydrogen-bond donors (Lipinski definition) is 3. The number of H-pyrrole nitrogens is 2. The van der Waals surface area contributed by atoms with Crippen molar-refractivity contribution in [2.75, 3.05) is 13.2 Å². The molecule has 1 saturated heterocycles. The van der Waals surface area contributed by atoms with Crippen molar-refractivity contribution in [3.8, 4) is 11.3 Å². The molecule has 164 valence electrons. The average molecular weight is 434 g/mol. The van der Waals surface area contributed by atoms with Gasteiger partial charge in [0.05, 0.1) is 24.0 Å². The summed E-state index contributed by atoms with van der Waals surface area (Å²) in [5.41, 5.74) is 4.99. The first-order valence-corrected chi connectivity index (χ1v) is 11.1. The number of benzene rings is 2. The number of halogens is 2. The number of para-hydroxylation sites is 1. The third-order valence-corrected chi connectivity index (χ3v) is 6.84. The number of fused-ring (bicyclic) bond motifs is 3. The van der Waals surface area contributed by atoms with Gasteiger partial charge in [0.15, 0.2) is 11.6 Å². The fraction of sp³-hybridized carbons (Fsp3) is 0.320. The second-order valence-electron chi connectivity index (χ2n) is 8.72. The van der Waals surface area contributed by atoms with Gasteiger partial charge in [-0.15, -0.1) is 0 Å². The standard InChI is InChI=1S/C25H24F2N4O/c26-18-6-5-15(11-19(18)27)22-13-28-25(31-22)21-12-17-16-3-1-2-4-20(16)29-24(17)23(30-21)14-7-9-32-10-8-14/h1-6,11,13-14,21,23,29-30H,7-10,12H2,(H,28,31)/t21-,23-/m1/s1. The third-order valence-electron chi connectivity index (χ3n) is 6.84. The molecule has 4 aromatic rings. The van der Waals surface area contributed by atoms with Crippen LogP contribution in [0.3, 0.4) is 0 Å². The highest BCUT2D eigenvalue weighted by Gasteiger charge is 2.36. The largest absolute Gasteiger partial charge is 0.381 e. The number of hydrogen-bond acceptors (Lipinski definition) is 3. The lowest BCUT2D eigenvalue weighted by atomic mass is 9.83. The lowest BCUT2D eigenvalue weighted by Crippen LogP contribution is -2.39.